The van der Waals surface area contributed by atoms with Gasteiger partial charge in [0.2, 0.25) is 5.91 Å². The summed E-state index contributed by atoms with van der Waals surface area (Å²) in [6.45, 7) is 1.97. The number of piperazine rings is 1. The number of carboxylic acid groups (broad SMARTS) is 1. The molecule has 9 nitrogen and oxygen atoms in total. The Morgan fingerprint density at radius 1 is 1.30 bits per heavy atom. The number of nitrogens with two attached hydrogens (primary N) is 1. The van der Waals surface area contributed by atoms with E-state index in [1.807, 2.05) is 4.90 Å². The number of amides is 2. The van der Waals surface area contributed by atoms with E-state index in [2.05, 4.69) is 15.0 Å². The van der Waals surface area contributed by atoms with Gasteiger partial charge < -0.3 is 25.6 Å². The van der Waals surface area contributed by atoms with Crippen molar-refractivity contribution in [3.05, 3.63) is 24.0 Å². The monoisotopic (exact) mass is 316 g/mol. The third kappa shape index (κ3) is 3.07. The Hall–Kier alpha value is -3.10. The van der Waals surface area contributed by atoms with Gasteiger partial charge >= 0.3 is 6.09 Å². The van der Waals surface area contributed by atoms with Crippen LogP contribution in [-0.4, -0.2) is 63.1 Å². The van der Waals surface area contributed by atoms with Crippen molar-refractivity contribution in [3.8, 4) is 0 Å². The average molecular weight is 316 g/mol. The van der Waals surface area contributed by atoms with E-state index in [1.165, 1.54) is 11.0 Å². The number of nitrogens with zero attached hydrogens (tertiary/aromatic N) is 4. The molecule has 0 bridgehead atoms. The van der Waals surface area contributed by atoms with E-state index >= 15 is 0 Å². The van der Waals surface area contributed by atoms with Crippen molar-refractivity contribution in [2.45, 2.75) is 0 Å². The summed E-state index contributed by atoms with van der Waals surface area (Å²) >= 11 is 0. The van der Waals surface area contributed by atoms with E-state index in [9.17, 15) is 9.59 Å². The van der Waals surface area contributed by atoms with Crippen LogP contribution in [0.5, 0.6) is 0 Å². The highest BCUT2D eigenvalue weighted by molar-refractivity contribution is 5.93. The van der Waals surface area contributed by atoms with Crippen LogP contribution in [0.2, 0.25) is 0 Å². The molecular weight excluding hydrogens is 300 g/mol. The summed E-state index contributed by atoms with van der Waals surface area (Å²) in [6, 6.07) is 0. The van der Waals surface area contributed by atoms with Crippen LogP contribution in [0.3, 0.4) is 0 Å². The molecule has 3 rings (SSSR count). The standard InChI is InChI=1S/C14H16N6O3/c15-10(21)2-1-9-7-16-13-12(9)18-11(8-17-13)19-3-5-20(6-4-19)14(22)23/h1-2,7-8H,3-6H2,(H2,15,21)(H,16,17)(H,22,23)/b2-1+. The molecule has 0 aliphatic carbocycles. The number of hydrogen-bond donors (Lipinski definition) is 3. The van der Waals surface area contributed by atoms with Gasteiger partial charge in [0, 0.05) is 44.0 Å². The van der Waals surface area contributed by atoms with Crippen molar-refractivity contribution in [1.29, 1.82) is 0 Å². The molecule has 0 radical (unpaired) electrons. The minimum atomic E-state index is -0.907. The molecule has 2 amide bonds. The minimum absolute atomic E-state index is 0.427. The maximum absolute atomic E-state index is 10.9. The largest absolute Gasteiger partial charge is 0.465 e. The lowest BCUT2D eigenvalue weighted by Crippen LogP contribution is -2.48. The molecule has 0 spiro atoms. The molecule has 4 N–H and O–H groups in total. The van der Waals surface area contributed by atoms with Gasteiger partial charge in [0.25, 0.3) is 0 Å². The van der Waals surface area contributed by atoms with Crippen LogP contribution >= 0.6 is 0 Å². The second-order valence-electron chi connectivity index (χ2n) is 5.16. The van der Waals surface area contributed by atoms with Gasteiger partial charge in [-0.2, -0.15) is 0 Å². The van der Waals surface area contributed by atoms with Crippen molar-refractivity contribution in [2.24, 2.45) is 5.73 Å². The van der Waals surface area contributed by atoms with Gasteiger partial charge in [0.1, 0.15) is 11.3 Å². The fourth-order valence-corrected chi connectivity index (χ4v) is 2.48. The van der Waals surface area contributed by atoms with E-state index in [0.29, 0.717) is 43.2 Å². The smallest absolute Gasteiger partial charge is 0.407 e. The van der Waals surface area contributed by atoms with E-state index in [4.69, 9.17) is 10.8 Å². The van der Waals surface area contributed by atoms with Gasteiger partial charge in [-0.25, -0.2) is 14.8 Å². The highest BCUT2D eigenvalue weighted by Crippen LogP contribution is 2.20. The maximum Gasteiger partial charge on any atom is 0.407 e. The van der Waals surface area contributed by atoms with E-state index in [1.54, 1.807) is 18.5 Å². The molecule has 9 heteroatoms. The van der Waals surface area contributed by atoms with Crippen LogP contribution in [-0.2, 0) is 4.79 Å². The van der Waals surface area contributed by atoms with Crippen molar-refractivity contribution < 1.29 is 14.7 Å². The number of hydrogen-bond acceptors (Lipinski definition) is 5. The summed E-state index contributed by atoms with van der Waals surface area (Å²) in [4.78, 5) is 37.0. The Bertz CT molecular complexity index is 776. The predicted octanol–water partition coefficient (Wildman–Crippen LogP) is 0.256. The van der Waals surface area contributed by atoms with Crippen LogP contribution in [0, 0.1) is 0 Å². The number of rotatable bonds is 3. The molecule has 0 unspecified atom stereocenters. The molecule has 1 saturated heterocycles. The molecule has 23 heavy (non-hydrogen) atoms. The molecule has 1 aliphatic heterocycles. The number of primary amides is 1. The van der Waals surface area contributed by atoms with Gasteiger partial charge in [-0.05, 0) is 6.08 Å². The Balaban J connectivity index is 1.84. The molecule has 0 aromatic carbocycles. The number of aromatic nitrogens is 3. The lowest BCUT2D eigenvalue weighted by Gasteiger charge is -2.33. The lowest BCUT2D eigenvalue weighted by atomic mass is 10.2. The number of anilines is 1. The van der Waals surface area contributed by atoms with Gasteiger partial charge in [-0.3, -0.25) is 4.79 Å². The first-order valence-electron chi connectivity index (χ1n) is 7.09. The minimum Gasteiger partial charge on any atom is -0.465 e. The zero-order valence-electron chi connectivity index (χ0n) is 12.3. The zero-order valence-corrected chi connectivity index (χ0v) is 12.3. The Kier molecular flexibility index (Phi) is 3.83. The van der Waals surface area contributed by atoms with Crippen molar-refractivity contribution in [1.82, 2.24) is 19.9 Å². The number of carbonyl (C=O) groups excluding carboxylic acids is 1. The van der Waals surface area contributed by atoms with Crippen molar-refractivity contribution >= 4 is 35.1 Å². The summed E-state index contributed by atoms with van der Waals surface area (Å²) in [5, 5.41) is 8.98. The van der Waals surface area contributed by atoms with Crippen LogP contribution in [0.25, 0.3) is 17.2 Å². The molecular formula is C14H16N6O3. The van der Waals surface area contributed by atoms with Crippen LogP contribution in [0.15, 0.2) is 18.5 Å². The average Bonchev–Trinajstić information content (AvgIpc) is 2.95. The van der Waals surface area contributed by atoms with Gasteiger partial charge in [0.15, 0.2) is 5.65 Å². The molecule has 0 atom stereocenters. The topological polar surface area (TPSA) is 128 Å². The first-order chi connectivity index (χ1) is 11.0. The number of H-pyrrole nitrogens is 1. The van der Waals surface area contributed by atoms with Crippen LogP contribution in [0.1, 0.15) is 5.56 Å². The molecule has 2 aromatic heterocycles. The molecule has 0 saturated carbocycles. The van der Waals surface area contributed by atoms with Gasteiger partial charge in [0.05, 0.1) is 6.20 Å². The summed E-state index contributed by atoms with van der Waals surface area (Å²) < 4.78 is 0. The van der Waals surface area contributed by atoms with E-state index in [0.717, 1.165) is 5.56 Å². The number of nitrogens with one attached hydrogen (secondary N) is 1. The lowest BCUT2D eigenvalue weighted by molar-refractivity contribution is -0.113. The third-order valence-electron chi connectivity index (χ3n) is 3.70. The maximum atomic E-state index is 10.9. The normalized spacial score (nSPS) is 15.5. The van der Waals surface area contributed by atoms with Crippen LogP contribution < -0.4 is 10.6 Å². The van der Waals surface area contributed by atoms with Crippen molar-refractivity contribution in [2.75, 3.05) is 31.1 Å². The van der Waals surface area contributed by atoms with Crippen molar-refractivity contribution in [3.63, 3.8) is 0 Å². The van der Waals surface area contributed by atoms with Gasteiger partial charge in [-0.15, -0.1) is 0 Å². The molecule has 3 heterocycles. The quantitative estimate of drug-likeness (QED) is 0.697. The number of carbonyl (C=O) groups is 2. The summed E-state index contributed by atoms with van der Waals surface area (Å²) in [5.74, 6) is 0.143. The Labute approximate surface area is 131 Å². The summed E-state index contributed by atoms with van der Waals surface area (Å²) in [6.07, 6.45) is 5.30. The summed E-state index contributed by atoms with van der Waals surface area (Å²) in [7, 11) is 0. The van der Waals surface area contributed by atoms with Gasteiger partial charge in [-0.1, -0.05) is 0 Å². The second kappa shape index (κ2) is 5.95. The molecule has 2 aromatic rings. The SMILES string of the molecule is NC(=O)/C=C/c1c[nH]c2ncc(N3CCN(C(=O)O)CC3)nc12. The zero-order chi connectivity index (χ0) is 16.4. The van der Waals surface area contributed by atoms with E-state index in [-0.39, 0.29) is 0 Å². The molecule has 1 fully saturated rings. The highest BCUT2D eigenvalue weighted by Gasteiger charge is 2.21. The fourth-order valence-electron chi connectivity index (χ4n) is 2.48. The summed E-state index contributed by atoms with van der Waals surface area (Å²) in [5.41, 5.74) is 7.08. The second-order valence-corrected chi connectivity index (χ2v) is 5.16. The fraction of sp³-hybridized carbons (Fsp3) is 0.286. The Morgan fingerprint density at radius 3 is 2.70 bits per heavy atom. The van der Waals surface area contributed by atoms with Crippen LogP contribution in [0.4, 0.5) is 10.6 Å². The van der Waals surface area contributed by atoms with E-state index < -0.39 is 12.0 Å². The highest BCUT2D eigenvalue weighted by atomic mass is 16.4. The number of fused-ring (bicyclic) bond motifs is 1. The number of aromatic amines is 1. The molecule has 120 valence electrons. The third-order valence-corrected chi connectivity index (χ3v) is 3.70. The first-order valence-corrected chi connectivity index (χ1v) is 7.09. The molecule has 1 aliphatic rings. The Morgan fingerprint density at radius 2 is 2.04 bits per heavy atom. The first kappa shape index (κ1) is 14.8. The predicted molar refractivity (Wildman–Crippen MR) is 83.9 cm³/mol.